The number of benzene rings is 2. The van der Waals surface area contributed by atoms with E-state index in [1.54, 1.807) is 28.4 Å². The molecule has 1 aliphatic carbocycles. The van der Waals surface area contributed by atoms with Crippen LogP contribution in [-0.4, -0.2) is 77.4 Å². The van der Waals surface area contributed by atoms with E-state index >= 15 is 0 Å². The van der Waals surface area contributed by atoms with Crippen molar-refractivity contribution in [2.75, 3.05) is 61.8 Å². The first-order chi connectivity index (χ1) is 18.3. The number of hydrogen-bond acceptors (Lipinski definition) is 7. The van der Waals surface area contributed by atoms with Gasteiger partial charge in [0, 0.05) is 39.1 Å². The van der Waals surface area contributed by atoms with Crippen molar-refractivity contribution in [3.63, 3.8) is 0 Å². The molecule has 1 N–H and O–H groups in total. The van der Waals surface area contributed by atoms with Crippen LogP contribution in [0.1, 0.15) is 55.7 Å². The van der Waals surface area contributed by atoms with Crippen LogP contribution in [0.3, 0.4) is 0 Å². The minimum Gasteiger partial charge on any atom is -0.493 e. The van der Waals surface area contributed by atoms with Crippen LogP contribution in [0.5, 0.6) is 23.0 Å². The molecule has 0 saturated heterocycles. The third-order valence-corrected chi connectivity index (χ3v) is 7.74. The highest BCUT2D eigenvalue weighted by Gasteiger charge is 2.43. The lowest BCUT2D eigenvalue weighted by Crippen LogP contribution is -2.45. The van der Waals surface area contributed by atoms with Gasteiger partial charge in [0.25, 0.3) is 0 Å². The van der Waals surface area contributed by atoms with E-state index in [-0.39, 0.29) is 5.92 Å². The number of nitrogens with zero attached hydrogens (tertiary/aromatic N) is 1. The molecule has 7 heteroatoms. The standard InChI is InChI=1S/C31H47NO6/c1-22(2)30-25-21-28(37-7)27(36-6)20-24(25)11-13-31(30,33)14-16-32(3)15-12-23-9-10-26(35-5)29(19-23)38-18-8-17-34-4/h9-10,19-22,30,33H,8,11-18H2,1-7H3/t30-,31-/m0/s1. The van der Waals surface area contributed by atoms with E-state index in [1.165, 1.54) is 16.7 Å². The molecule has 1 aliphatic rings. The molecule has 0 saturated carbocycles. The van der Waals surface area contributed by atoms with E-state index in [4.69, 9.17) is 23.7 Å². The van der Waals surface area contributed by atoms with Gasteiger partial charge in [-0.05, 0) is 79.6 Å². The Balaban J connectivity index is 1.63. The Morgan fingerprint density at radius 3 is 2.29 bits per heavy atom. The zero-order valence-corrected chi connectivity index (χ0v) is 24.3. The van der Waals surface area contributed by atoms with Crippen molar-refractivity contribution in [1.82, 2.24) is 4.90 Å². The Morgan fingerprint density at radius 1 is 0.921 bits per heavy atom. The van der Waals surface area contributed by atoms with Gasteiger partial charge in [-0.2, -0.15) is 0 Å². The van der Waals surface area contributed by atoms with Gasteiger partial charge in [0.2, 0.25) is 0 Å². The van der Waals surface area contributed by atoms with Gasteiger partial charge in [0.15, 0.2) is 23.0 Å². The summed E-state index contributed by atoms with van der Waals surface area (Å²) in [5.74, 6) is 3.32. The molecule has 7 nitrogen and oxygen atoms in total. The van der Waals surface area contributed by atoms with Crippen LogP contribution in [0.2, 0.25) is 0 Å². The molecular formula is C31H47NO6. The molecule has 2 aromatic carbocycles. The van der Waals surface area contributed by atoms with Crippen LogP contribution < -0.4 is 18.9 Å². The molecule has 0 bridgehead atoms. The molecule has 38 heavy (non-hydrogen) atoms. The van der Waals surface area contributed by atoms with E-state index in [0.717, 1.165) is 68.2 Å². The van der Waals surface area contributed by atoms with Crippen molar-refractivity contribution < 1.29 is 28.8 Å². The number of fused-ring (bicyclic) bond motifs is 1. The highest BCUT2D eigenvalue weighted by atomic mass is 16.5. The third-order valence-electron chi connectivity index (χ3n) is 7.74. The number of hydrogen-bond donors (Lipinski definition) is 1. The van der Waals surface area contributed by atoms with Gasteiger partial charge in [0.1, 0.15) is 0 Å². The number of ether oxygens (including phenoxy) is 5. The van der Waals surface area contributed by atoms with Crippen LogP contribution in [0.25, 0.3) is 0 Å². The van der Waals surface area contributed by atoms with Crippen LogP contribution in [0.15, 0.2) is 30.3 Å². The van der Waals surface area contributed by atoms with Gasteiger partial charge >= 0.3 is 0 Å². The van der Waals surface area contributed by atoms with Gasteiger partial charge in [-0.15, -0.1) is 0 Å². The normalized spacial score (nSPS) is 18.9. The van der Waals surface area contributed by atoms with Gasteiger partial charge in [-0.3, -0.25) is 0 Å². The lowest BCUT2D eigenvalue weighted by atomic mass is 9.66. The summed E-state index contributed by atoms with van der Waals surface area (Å²) in [6.45, 7) is 7.36. The molecule has 0 spiro atoms. The van der Waals surface area contributed by atoms with Gasteiger partial charge in [-0.25, -0.2) is 0 Å². The fourth-order valence-corrected chi connectivity index (χ4v) is 5.69. The zero-order chi connectivity index (χ0) is 27.7. The highest BCUT2D eigenvalue weighted by Crippen LogP contribution is 2.48. The lowest BCUT2D eigenvalue weighted by molar-refractivity contribution is -0.0300. The molecule has 2 aromatic rings. The molecule has 0 aromatic heterocycles. The van der Waals surface area contributed by atoms with Crippen LogP contribution >= 0.6 is 0 Å². The van der Waals surface area contributed by atoms with Crippen molar-refractivity contribution in [3.05, 3.63) is 47.0 Å². The summed E-state index contributed by atoms with van der Waals surface area (Å²) in [7, 11) is 8.82. The fraction of sp³-hybridized carbons (Fsp3) is 0.613. The number of likely N-dealkylation sites (N-methyl/N-ethyl adjacent to an activating group) is 1. The maximum atomic E-state index is 11.9. The largest absolute Gasteiger partial charge is 0.493 e. The summed E-state index contributed by atoms with van der Waals surface area (Å²) in [5, 5.41) is 11.9. The molecule has 0 amide bonds. The second-order valence-electron chi connectivity index (χ2n) is 10.7. The van der Waals surface area contributed by atoms with Gasteiger partial charge < -0.3 is 33.7 Å². The Labute approximate surface area is 229 Å². The van der Waals surface area contributed by atoms with Crippen LogP contribution in [0, 0.1) is 5.92 Å². The van der Waals surface area contributed by atoms with E-state index in [1.807, 2.05) is 6.07 Å². The number of methoxy groups -OCH3 is 4. The van der Waals surface area contributed by atoms with Crippen molar-refractivity contribution in [1.29, 1.82) is 0 Å². The van der Waals surface area contributed by atoms with Crippen molar-refractivity contribution in [2.24, 2.45) is 5.92 Å². The fourth-order valence-electron chi connectivity index (χ4n) is 5.69. The Bertz CT molecular complexity index is 1030. The van der Waals surface area contributed by atoms with Crippen LogP contribution in [-0.2, 0) is 17.6 Å². The predicted molar refractivity (Wildman–Crippen MR) is 151 cm³/mol. The molecule has 3 rings (SSSR count). The first-order valence-electron chi connectivity index (χ1n) is 13.7. The monoisotopic (exact) mass is 529 g/mol. The van der Waals surface area contributed by atoms with E-state index in [0.29, 0.717) is 19.1 Å². The molecule has 0 radical (unpaired) electrons. The van der Waals surface area contributed by atoms with E-state index < -0.39 is 5.60 Å². The van der Waals surface area contributed by atoms with Crippen molar-refractivity contribution in [2.45, 2.75) is 57.5 Å². The van der Waals surface area contributed by atoms with E-state index in [2.05, 4.69) is 50.1 Å². The smallest absolute Gasteiger partial charge is 0.161 e. The first-order valence-corrected chi connectivity index (χ1v) is 13.7. The first kappa shape index (κ1) is 30.1. The SMILES string of the molecule is COCCCOc1cc(CCN(C)CC[C@@]2(O)CCc3cc(OC)c(OC)cc3[C@@H]2C(C)C)ccc1OC. The van der Waals surface area contributed by atoms with Crippen molar-refractivity contribution in [3.8, 4) is 23.0 Å². The molecule has 212 valence electrons. The average molecular weight is 530 g/mol. The molecular weight excluding hydrogens is 482 g/mol. The zero-order valence-electron chi connectivity index (χ0n) is 24.3. The molecule has 0 unspecified atom stereocenters. The van der Waals surface area contributed by atoms with Gasteiger partial charge in [-0.1, -0.05) is 19.9 Å². The van der Waals surface area contributed by atoms with Crippen LogP contribution in [0.4, 0.5) is 0 Å². The highest BCUT2D eigenvalue weighted by molar-refractivity contribution is 5.51. The summed E-state index contributed by atoms with van der Waals surface area (Å²) in [4.78, 5) is 2.31. The minimum atomic E-state index is -0.766. The Kier molecular flexibility index (Phi) is 11.1. The van der Waals surface area contributed by atoms with Gasteiger partial charge in [0.05, 0.1) is 33.5 Å². The summed E-state index contributed by atoms with van der Waals surface area (Å²) in [6, 6.07) is 10.3. The summed E-state index contributed by atoms with van der Waals surface area (Å²) in [6.07, 6.45) is 4.02. The molecule has 2 atom stereocenters. The second kappa shape index (κ2) is 14.1. The summed E-state index contributed by atoms with van der Waals surface area (Å²) < 4.78 is 27.6. The molecule has 0 fully saturated rings. The summed E-state index contributed by atoms with van der Waals surface area (Å²) >= 11 is 0. The Morgan fingerprint density at radius 2 is 1.63 bits per heavy atom. The maximum absolute atomic E-state index is 11.9. The number of aryl methyl sites for hydroxylation is 1. The molecule has 0 aliphatic heterocycles. The maximum Gasteiger partial charge on any atom is 0.161 e. The number of rotatable bonds is 15. The lowest BCUT2D eigenvalue weighted by Gasteiger charge is -2.44. The predicted octanol–water partition coefficient (Wildman–Crippen LogP) is 5.11. The second-order valence-corrected chi connectivity index (χ2v) is 10.7. The minimum absolute atomic E-state index is 0.0406. The quantitative estimate of drug-likeness (QED) is 0.322. The molecule has 0 heterocycles. The number of aliphatic hydroxyl groups is 1. The Hall–Kier alpha value is -2.48. The van der Waals surface area contributed by atoms with E-state index in [9.17, 15) is 5.11 Å². The third kappa shape index (κ3) is 7.33. The van der Waals surface area contributed by atoms with Crippen molar-refractivity contribution >= 4 is 0 Å². The summed E-state index contributed by atoms with van der Waals surface area (Å²) in [5.41, 5.74) is 2.87. The topological polar surface area (TPSA) is 69.6 Å². The average Bonchev–Trinajstić information content (AvgIpc) is 2.92.